The summed E-state index contributed by atoms with van der Waals surface area (Å²) in [6.45, 7) is 3.57. The number of benzene rings is 3. The van der Waals surface area contributed by atoms with Crippen molar-refractivity contribution in [3.8, 4) is 0 Å². The van der Waals surface area contributed by atoms with Crippen molar-refractivity contribution in [3.63, 3.8) is 0 Å². The molecule has 0 bridgehead atoms. The molecule has 3 aromatic carbocycles. The molecule has 0 aromatic heterocycles. The van der Waals surface area contributed by atoms with Gasteiger partial charge in [-0.05, 0) is 55.7 Å². The summed E-state index contributed by atoms with van der Waals surface area (Å²) in [5.41, 5.74) is 1.39. The van der Waals surface area contributed by atoms with Crippen LogP contribution in [0.5, 0.6) is 0 Å². The number of carbonyl (C=O) groups excluding carboxylic acids is 2. The first-order chi connectivity index (χ1) is 19.0. The molecule has 7 nitrogen and oxygen atoms in total. The number of carbonyl (C=O) groups is 2. The van der Waals surface area contributed by atoms with Crippen molar-refractivity contribution in [2.75, 3.05) is 17.1 Å². The van der Waals surface area contributed by atoms with E-state index in [1.54, 1.807) is 12.1 Å². The molecule has 2 amide bonds. The van der Waals surface area contributed by atoms with Crippen molar-refractivity contribution >= 4 is 27.5 Å². The fourth-order valence-electron chi connectivity index (χ4n) is 4.36. The summed E-state index contributed by atoms with van der Waals surface area (Å²) in [6.07, 6.45) is 1.22. The maximum Gasteiger partial charge on any atom is 0.243 e. The quantitative estimate of drug-likeness (QED) is 0.323. The van der Waals surface area contributed by atoms with Crippen LogP contribution < -0.4 is 9.62 Å². The summed E-state index contributed by atoms with van der Waals surface area (Å²) in [5.74, 6) is -1.83. The lowest BCUT2D eigenvalue weighted by molar-refractivity contribution is -0.141. The zero-order valence-corrected chi connectivity index (χ0v) is 23.7. The molecule has 1 N–H and O–H groups in total. The molecule has 10 heteroatoms. The van der Waals surface area contributed by atoms with E-state index in [1.807, 2.05) is 44.2 Å². The van der Waals surface area contributed by atoms with E-state index in [4.69, 9.17) is 0 Å². The topological polar surface area (TPSA) is 86.8 Å². The highest BCUT2D eigenvalue weighted by molar-refractivity contribution is 7.92. The van der Waals surface area contributed by atoms with Crippen LogP contribution in [-0.4, -0.2) is 50.0 Å². The van der Waals surface area contributed by atoms with Crippen LogP contribution in [0.25, 0.3) is 0 Å². The lowest BCUT2D eigenvalue weighted by Crippen LogP contribution is -2.51. The Morgan fingerprint density at radius 2 is 1.50 bits per heavy atom. The Hall–Kier alpha value is -3.79. The summed E-state index contributed by atoms with van der Waals surface area (Å²) < 4.78 is 53.8. The fraction of sp³-hybridized carbons (Fsp3) is 0.333. The van der Waals surface area contributed by atoms with E-state index in [0.29, 0.717) is 5.56 Å². The second kappa shape index (κ2) is 14.0. The van der Waals surface area contributed by atoms with Crippen LogP contribution in [0, 0.1) is 11.6 Å². The Kier molecular flexibility index (Phi) is 10.8. The van der Waals surface area contributed by atoms with Crippen molar-refractivity contribution < 1.29 is 26.8 Å². The molecule has 40 heavy (non-hydrogen) atoms. The average Bonchev–Trinajstić information content (AvgIpc) is 2.89. The van der Waals surface area contributed by atoms with Crippen LogP contribution in [0.3, 0.4) is 0 Å². The fourth-order valence-corrected chi connectivity index (χ4v) is 5.32. The second-order valence-electron chi connectivity index (χ2n) is 9.91. The van der Waals surface area contributed by atoms with E-state index in [2.05, 4.69) is 5.32 Å². The normalized spacial score (nSPS) is 12.2. The van der Waals surface area contributed by atoms with Crippen molar-refractivity contribution in [3.05, 3.63) is 102 Å². The first kappa shape index (κ1) is 30.7. The second-order valence-corrected chi connectivity index (χ2v) is 11.8. The number of hydrogen-bond acceptors (Lipinski definition) is 4. The molecule has 0 fully saturated rings. The van der Waals surface area contributed by atoms with Gasteiger partial charge in [-0.25, -0.2) is 17.2 Å². The number of anilines is 1. The minimum absolute atomic E-state index is 0.0469. The minimum Gasteiger partial charge on any atom is -0.352 e. The standard InChI is InChI=1S/C30H35F2N3O4S/c1-22(2)33-30(37)28(20-23-10-5-4-6-11-23)34(21-24-15-17-25(31)18-16-24)29(36)14-9-19-35(40(3,38)39)27-13-8-7-12-26(27)32/h4-8,10-13,15-18,22,28H,9,14,19-21H2,1-3H3,(H,33,37)/t28-/m1/s1. The van der Waals surface area contributed by atoms with Gasteiger partial charge in [-0.15, -0.1) is 0 Å². The van der Waals surface area contributed by atoms with Gasteiger partial charge in [0.05, 0.1) is 11.9 Å². The summed E-state index contributed by atoms with van der Waals surface area (Å²) in [5, 5.41) is 2.89. The third-order valence-electron chi connectivity index (χ3n) is 6.24. The van der Waals surface area contributed by atoms with E-state index < -0.39 is 27.7 Å². The van der Waals surface area contributed by atoms with Gasteiger partial charge in [0.1, 0.15) is 17.7 Å². The van der Waals surface area contributed by atoms with Gasteiger partial charge in [0, 0.05) is 32.0 Å². The van der Waals surface area contributed by atoms with Crippen LogP contribution in [0.2, 0.25) is 0 Å². The van der Waals surface area contributed by atoms with E-state index in [-0.39, 0.29) is 55.9 Å². The molecule has 0 spiro atoms. The van der Waals surface area contributed by atoms with Gasteiger partial charge in [-0.2, -0.15) is 0 Å². The molecule has 0 heterocycles. The van der Waals surface area contributed by atoms with Gasteiger partial charge in [0.2, 0.25) is 21.8 Å². The number of rotatable bonds is 13. The van der Waals surface area contributed by atoms with Crippen molar-refractivity contribution in [1.29, 1.82) is 0 Å². The maximum atomic E-state index is 14.4. The van der Waals surface area contributed by atoms with Crippen LogP contribution in [0.1, 0.15) is 37.8 Å². The third kappa shape index (κ3) is 8.87. The summed E-state index contributed by atoms with van der Waals surface area (Å²) in [7, 11) is -3.83. The van der Waals surface area contributed by atoms with Crippen LogP contribution in [-0.2, 0) is 32.6 Å². The Bertz CT molecular complexity index is 1380. The highest BCUT2D eigenvalue weighted by Gasteiger charge is 2.31. The number of amides is 2. The van der Waals surface area contributed by atoms with Crippen molar-refractivity contribution in [2.45, 2.75) is 51.7 Å². The molecule has 3 rings (SSSR count). The summed E-state index contributed by atoms with van der Waals surface area (Å²) >= 11 is 0. The number of nitrogens with one attached hydrogen (secondary N) is 1. The molecule has 0 radical (unpaired) electrons. The molecule has 214 valence electrons. The zero-order valence-electron chi connectivity index (χ0n) is 22.9. The molecule has 1 atom stereocenters. The van der Waals surface area contributed by atoms with Gasteiger partial charge in [0.25, 0.3) is 0 Å². The highest BCUT2D eigenvalue weighted by atomic mass is 32.2. The number of sulfonamides is 1. The zero-order chi connectivity index (χ0) is 29.3. The Balaban J connectivity index is 1.88. The van der Waals surface area contributed by atoms with Gasteiger partial charge in [-0.3, -0.25) is 13.9 Å². The van der Waals surface area contributed by atoms with Gasteiger partial charge < -0.3 is 10.2 Å². The van der Waals surface area contributed by atoms with E-state index in [1.165, 1.54) is 41.3 Å². The van der Waals surface area contributed by atoms with E-state index >= 15 is 0 Å². The lowest BCUT2D eigenvalue weighted by Gasteiger charge is -2.32. The first-order valence-corrected chi connectivity index (χ1v) is 14.9. The van der Waals surface area contributed by atoms with Gasteiger partial charge in [-0.1, -0.05) is 54.6 Å². The molecule has 0 saturated heterocycles. The van der Waals surface area contributed by atoms with Crippen molar-refractivity contribution in [1.82, 2.24) is 10.2 Å². The molecular weight excluding hydrogens is 536 g/mol. The Morgan fingerprint density at radius 1 is 0.875 bits per heavy atom. The molecule has 0 aliphatic carbocycles. The summed E-state index contributed by atoms with van der Waals surface area (Å²) in [4.78, 5) is 28.5. The van der Waals surface area contributed by atoms with E-state index in [0.717, 1.165) is 16.1 Å². The van der Waals surface area contributed by atoms with Crippen LogP contribution in [0.4, 0.5) is 14.5 Å². The maximum absolute atomic E-state index is 14.4. The number of para-hydroxylation sites is 1. The molecule has 0 unspecified atom stereocenters. The van der Waals surface area contributed by atoms with Gasteiger partial charge in [0.15, 0.2) is 0 Å². The van der Waals surface area contributed by atoms with Crippen molar-refractivity contribution in [2.24, 2.45) is 0 Å². The lowest BCUT2D eigenvalue weighted by atomic mass is 10.0. The van der Waals surface area contributed by atoms with Gasteiger partial charge >= 0.3 is 0 Å². The smallest absolute Gasteiger partial charge is 0.243 e. The highest BCUT2D eigenvalue weighted by Crippen LogP contribution is 2.23. The largest absolute Gasteiger partial charge is 0.352 e. The average molecular weight is 572 g/mol. The SMILES string of the molecule is CC(C)NC(=O)[C@@H](Cc1ccccc1)N(Cc1ccc(F)cc1)C(=O)CCCN(c1ccccc1F)S(C)(=O)=O. The number of hydrogen-bond donors (Lipinski definition) is 1. The molecule has 0 aliphatic rings. The molecule has 0 saturated carbocycles. The Labute approximate surface area is 234 Å². The van der Waals surface area contributed by atoms with Crippen LogP contribution >= 0.6 is 0 Å². The molecular formula is C30H35F2N3O4S. The Morgan fingerprint density at radius 3 is 2.10 bits per heavy atom. The monoisotopic (exact) mass is 571 g/mol. The minimum atomic E-state index is -3.83. The summed E-state index contributed by atoms with van der Waals surface area (Å²) in [6, 6.07) is 19.5. The molecule has 3 aromatic rings. The predicted molar refractivity (Wildman–Crippen MR) is 152 cm³/mol. The molecule has 0 aliphatic heterocycles. The van der Waals surface area contributed by atoms with Crippen LogP contribution in [0.15, 0.2) is 78.9 Å². The van der Waals surface area contributed by atoms with E-state index in [9.17, 15) is 26.8 Å². The first-order valence-electron chi connectivity index (χ1n) is 13.1. The number of halogens is 2. The number of nitrogens with zero attached hydrogens (tertiary/aromatic N) is 2. The predicted octanol–water partition coefficient (Wildman–Crippen LogP) is 4.68. The third-order valence-corrected chi connectivity index (χ3v) is 7.42.